The summed E-state index contributed by atoms with van der Waals surface area (Å²) in [7, 11) is 0.221. The third-order valence-electron chi connectivity index (χ3n) is 4.09. The molecule has 0 radical (unpaired) electrons. The third kappa shape index (κ3) is 2.76. The molecule has 0 spiro atoms. The molecule has 1 aliphatic heterocycles. The number of aryl methyl sites for hydroxylation is 1. The maximum absolute atomic E-state index is 13.1. The second-order valence-corrected chi connectivity index (χ2v) is 7.15. The summed E-state index contributed by atoms with van der Waals surface area (Å²) >= 11 is 0. The van der Waals surface area contributed by atoms with Crippen LogP contribution >= 0.6 is 0 Å². The van der Waals surface area contributed by atoms with Crippen molar-refractivity contribution in [2.45, 2.75) is 16.8 Å². The van der Waals surface area contributed by atoms with Crippen LogP contribution in [0.1, 0.15) is 16.7 Å². The second-order valence-electron chi connectivity index (χ2n) is 5.79. The van der Waals surface area contributed by atoms with Crippen molar-refractivity contribution >= 4 is 22.2 Å². The lowest BCUT2D eigenvalue weighted by atomic mass is 10.00. The van der Waals surface area contributed by atoms with Crippen molar-refractivity contribution in [1.29, 1.82) is 0 Å². The van der Waals surface area contributed by atoms with E-state index in [0.717, 1.165) is 22.4 Å². The largest absolute Gasteiger partial charge is 0.497 e. The van der Waals surface area contributed by atoms with E-state index in [9.17, 15) is 4.21 Å². The highest BCUT2D eigenvalue weighted by Gasteiger charge is 2.25. The lowest BCUT2D eigenvalue weighted by molar-refractivity contribution is 0.414. The minimum absolute atomic E-state index is 0.483. The van der Waals surface area contributed by atoms with E-state index in [1.807, 2.05) is 55.5 Å². The summed E-state index contributed by atoms with van der Waals surface area (Å²) in [4.78, 5) is 9.83. The maximum atomic E-state index is 13.1. The first kappa shape index (κ1) is 15.7. The van der Waals surface area contributed by atoms with Crippen LogP contribution in [-0.4, -0.2) is 22.0 Å². The Morgan fingerprint density at radius 3 is 2.72 bits per heavy atom. The summed E-state index contributed by atoms with van der Waals surface area (Å²) in [6, 6.07) is 17.3. The first-order chi connectivity index (χ1) is 12.2. The number of hydrogen-bond donors (Lipinski definition) is 0. The summed E-state index contributed by atoms with van der Waals surface area (Å²) in [5, 5.41) is 0.483. The molecule has 1 atom stereocenters. The molecule has 0 amide bonds. The van der Waals surface area contributed by atoms with Crippen LogP contribution in [0, 0.1) is 6.92 Å². The molecule has 124 valence electrons. The van der Waals surface area contributed by atoms with E-state index in [0.29, 0.717) is 21.4 Å². The molecular weight excluding hydrogens is 332 g/mol. The van der Waals surface area contributed by atoms with Gasteiger partial charge in [0, 0.05) is 17.3 Å². The van der Waals surface area contributed by atoms with E-state index in [-0.39, 0.29) is 0 Å². The number of aromatic nitrogens is 1. The Kier molecular flexibility index (Phi) is 3.93. The molecule has 0 aliphatic carbocycles. The van der Waals surface area contributed by atoms with Crippen LogP contribution in [0.3, 0.4) is 0 Å². The Morgan fingerprint density at radius 2 is 1.92 bits per heavy atom. The fraction of sp³-hybridized carbons (Fsp3) is 0.100. The first-order valence-electron chi connectivity index (χ1n) is 7.88. The van der Waals surface area contributed by atoms with Crippen molar-refractivity contribution in [3.8, 4) is 5.75 Å². The Morgan fingerprint density at radius 1 is 1.04 bits per heavy atom. The number of aliphatic imine (C=N–C) groups is 1. The number of rotatable bonds is 2. The zero-order valence-electron chi connectivity index (χ0n) is 13.9. The molecular formula is C20H16N2O2S. The summed E-state index contributed by atoms with van der Waals surface area (Å²) in [5.41, 5.74) is 4.33. The van der Waals surface area contributed by atoms with Gasteiger partial charge in [-0.1, -0.05) is 23.8 Å². The smallest absolute Gasteiger partial charge is 0.157 e. The number of nitrogens with zero attached hydrogens (tertiary/aromatic N) is 2. The van der Waals surface area contributed by atoms with Gasteiger partial charge in [0.25, 0.3) is 0 Å². The van der Waals surface area contributed by atoms with Gasteiger partial charge in [0.2, 0.25) is 0 Å². The van der Waals surface area contributed by atoms with E-state index >= 15 is 0 Å². The third-order valence-corrected chi connectivity index (χ3v) is 5.51. The van der Waals surface area contributed by atoms with E-state index in [1.165, 1.54) is 0 Å². The quantitative estimate of drug-likeness (QED) is 0.549. The molecule has 4 nitrogen and oxygen atoms in total. The molecule has 0 saturated heterocycles. The van der Waals surface area contributed by atoms with Crippen LogP contribution in [0.5, 0.6) is 5.75 Å². The fourth-order valence-corrected chi connectivity index (χ4v) is 4.11. The first-order valence-corrected chi connectivity index (χ1v) is 9.03. The van der Waals surface area contributed by atoms with Crippen LogP contribution in [0.25, 0.3) is 0 Å². The molecule has 0 N–H and O–H groups in total. The van der Waals surface area contributed by atoms with Gasteiger partial charge >= 0.3 is 0 Å². The summed E-state index contributed by atoms with van der Waals surface area (Å²) < 4.78 is 18.5. The maximum Gasteiger partial charge on any atom is 0.157 e. The molecule has 1 unspecified atom stereocenters. The van der Waals surface area contributed by atoms with Gasteiger partial charge in [0.05, 0.1) is 23.4 Å². The summed E-state index contributed by atoms with van der Waals surface area (Å²) in [6.45, 7) is 2.04. The standard InChI is InChI=1S/C20H16N2O2S/c1-13-5-3-6-14(11-13)19-16-12-15(24-2)8-9-18(16)25(23)20-17(22-19)7-4-10-21-20/h3-12H,1-2H3. The van der Waals surface area contributed by atoms with Crippen molar-refractivity contribution in [2.24, 2.45) is 4.99 Å². The molecule has 0 bridgehead atoms. The Labute approximate surface area is 148 Å². The highest BCUT2D eigenvalue weighted by atomic mass is 32.2. The lowest BCUT2D eigenvalue weighted by Gasteiger charge is -2.11. The SMILES string of the molecule is COc1ccc2c(c1)C(c1cccc(C)c1)=Nc1cccnc1S2=O. The van der Waals surface area contributed by atoms with Crippen LogP contribution < -0.4 is 4.74 Å². The van der Waals surface area contributed by atoms with Crippen molar-refractivity contribution in [3.63, 3.8) is 0 Å². The van der Waals surface area contributed by atoms with E-state index in [1.54, 1.807) is 13.3 Å². The molecule has 5 heteroatoms. The van der Waals surface area contributed by atoms with E-state index in [4.69, 9.17) is 9.73 Å². The number of pyridine rings is 1. The van der Waals surface area contributed by atoms with Gasteiger partial charge in [-0.3, -0.25) is 0 Å². The van der Waals surface area contributed by atoms with Crippen LogP contribution in [-0.2, 0) is 10.8 Å². The molecule has 4 rings (SSSR count). The van der Waals surface area contributed by atoms with Gasteiger partial charge in [-0.25, -0.2) is 14.2 Å². The summed E-state index contributed by atoms with van der Waals surface area (Å²) in [6.07, 6.45) is 1.65. The second kappa shape index (κ2) is 6.26. The number of methoxy groups -OCH3 is 1. The molecule has 25 heavy (non-hydrogen) atoms. The van der Waals surface area contributed by atoms with Gasteiger partial charge in [0.15, 0.2) is 5.03 Å². The lowest BCUT2D eigenvalue weighted by Crippen LogP contribution is -2.07. The van der Waals surface area contributed by atoms with Gasteiger partial charge in [0.1, 0.15) is 16.5 Å². The van der Waals surface area contributed by atoms with Crippen LogP contribution in [0.4, 0.5) is 5.69 Å². The molecule has 3 aromatic rings. The predicted octanol–water partition coefficient (Wildman–Crippen LogP) is 4.05. The van der Waals surface area contributed by atoms with Gasteiger partial charge in [-0.15, -0.1) is 0 Å². The Bertz CT molecular complexity index is 1030. The van der Waals surface area contributed by atoms with Crippen molar-refractivity contribution in [3.05, 3.63) is 77.5 Å². The molecule has 0 fully saturated rings. The number of benzene rings is 2. The molecule has 0 saturated carbocycles. The monoisotopic (exact) mass is 348 g/mol. The van der Waals surface area contributed by atoms with Crippen molar-refractivity contribution in [2.75, 3.05) is 7.11 Å². The predicted molar refractivity (Wildman–Crippen MR) is 98.4 cm³/mol. The highest BCUT2D eigenvalue weighted by Crippen LogP contribution is 2.34. The summed E-state index contributed by atoms with van der Waals surface area (Å²) in [5.74, 6) is 0.704. The minimum Gasteiger partial charge on any atom is -0.497 e. The fourth-order valence-electron chi connectivity index (χ4n) is 2.89. The van der Waals surface area contributed by atoms with Crippen LogP contribution in [0.2, 0.25) is 0 Å². The van der Waals surface area contributed by atoms with Gasteiger partial charge in [-0.2, -0.15) is 0 Å². The van der Waals surface area contributed by atoms with Crippen molar-refractivity contribution < 1.29 is 8.95 Å². The normalized spacial score (nSPS) is 15.6. The molecule has 2 heterocycles. The minimum atomic E-state index is -1.40. The molecule has 2 aromatic carbocycles. The highest BCUT2D eigenvalue weighted by molar-refractivity contribution is 7.85. The van der Waals surface area contributed by atoms with Gasteiger partial charge < -0.3 is 4.74 Å². The zero-order valence-corrected chi connectivity index (χ0v) is 14.7. The number of fused-ring (bicyclic) bond motifs is 2. The van der Waals surface area contributed by atoms with E-state index in [2.05, 4.69) is 11.1 Å². The topological polar surface area (TPSA) is 51.6 Å². The Balaban J connectivity index is 2.05. The Hall–Kier alpha value is -2.79. The molecule has 1 aliphatic rings. The number of hydrogen-bond acceptors (Lipinski definition) is 4. The number of ether oxygens (including phenoxy) is 1. The average Bonchev–Trinajstić information content (AvgIpc) is 2.77. The average molecular weight is 348 g/mol. The molecule has 1 aromatic heterocycles. The van der Waals surface area contributed by atoms with Crippen LogP contribution in [0.15, 0.2) is 75.7 Å². The van der Waals surface area contributed by atoms with E-state index < -0.39 is 10.8 Å². The van der Waals surface area contributed by atoms with Gasteiger partial charge in [-0.05, 0) is 43.3 Å². The zero-order chi connectivity index (χ0) is 17.4. The van der Waals surface area contributed by atoms with Crippen molar-refractivity contribution in [1.82, 2.24) is 4.98 Å².